The third-order valence-corrected chi connectivity index (χ3v) is 12.9. The van der Waals surface area contributed by atoms with Gasteiger partial charge in [-0.25, -0.2) is 0 Å². The molecule has 0 spiro atoms. The molecule has 0 saturated heterocycles. The van der Waals surface area contributed by atoms with Gasteiger partial charge in [0.1, 0.15) is 13.2 Å². The van der Waals surface area contributed by atoms with E-state index in [9.17, 15) is 14.4 Å². The van der Waals surface area contributed by atoms with Crippen LogP contribution in [0.2, 0.25) is 0 Å². The maximum absolute atomic E-state index is 12.8. The summed E-state index contributed by atoms with van der Waals surface area (Å²) in [5.74, 6) is -0.952. The lowest BCUT2D eigenvalue weighted by Crippen LogP contribution is -2.30. The van der Waals surface area contributed by atoms with Crippen molar-refractivity contribution in [1.82, 2.24) is 0 Å². The largest absolute Gasteiger partial charge is 0.462 e. The van der Waals surface area contributed by atoms with Gasteiger partial charge in [0.05, 0.1) is 0 Å². The van der Waals surface area contributed by atoms with Crippen molar-refractivity contribution in [3.05, 3.63) is 36.5 Å². The van der Waals surface area contributed by atoms with Crippen molar-refractivity contribution < 1.29 is 28.6 Å². The SMILES string of the molecule is CCCCCCCC/C=C\C/C=C\CCC(=O)OCC(COC(=O)CCCCCCCCCCCCCCCCCCCCC)OC(=O)CCCCCCC/C=C\CCCCCCCCC. The van der Waals surface area contributed by atoms with E-state index in [1.165, 1.54) is 199 Å². The Morgan fingerprint density at radius 1 is 0.303 bits per heavy atom. The Morgan fingerprint density at radius 2 is 0.576 bits per heavy atom. The molecular weight excluding hydrogens is 817 g/mol. The first-order chi connectivity index (χ1) is 32.5. The summed E-state index contributed by atoms with van der Waals surface area (Å²) < 4.78 is 16.8. The molecule has 0 heterocycles. The van der Waals surface area contributed by atoms with Gasteiger partial charge in [-0.3, -0.25) is 14.4 Å². The molecule has 0 aromatic rings. The summed E-state index contributed by atoms with van der Waals surface area (Å²) in [5, 5.41) is 0. The second kappa shape index (κ2) is 55.2. The molecule has 0 aromatic carbocycles. The Bertz CT molecular complexity index is 1110. The maximum Gasteiger partial charge on any atom is 0.306 e. The summed E-state index contributed by atoms with van der Waals surface area (Å²) in [5.41, 5.74) is 0. The fraction of sp³-hybridized carbons (Fsp3) is 0.850. The maximum atomic E-state index is 12.8. The molecule has 0 bridgehead atoms. The van der Waals surface area contributed by atoms with Crippen LogP contribution in [0.1, 0.15) is 310 Å². The van der Waals surface area contributed by atoms with Gasteiger partial charge in [0, 0.05) is 19.3 Å². The van der Waals surface area contributed by atoms with Crippen LogP contribution >= 0.6 is 0 Å². The number of rotatable bonds is 53. The molecular formula is C60H110O6. The van der Waals surface area contributed by atoms with E-state index in [0.717, 1.165) is 64.2 Å². The van der Waals surface area contributed by atoms with Crippen molar-refractivity contribution in [3.63, 3.8) is 0 Å². The molecule has 1 unspecified atom stereocenters. The van der Waals surface area contributed by atoms with Crippen molar-refractivity contribution in [1.29, 1.82) is 0 Å². The molecule has 0 aliphatic heterocycles. The lowest BCUT2D eigenvalue weighted by Gasteiger charge is -2.18. The predicted octanol–water partition coefficient (Wildman–Crippen LogP) is 19.3. The summed E-state index contributed by atoms with van der Waals surface area (Å²) in [6, 6.07) is 0. The normalized spacial score (nSPS) is 12.2. The molecule has 386 valence electrons. The van der Waals surface area contributed by atoms with Crippen molar-refractivity contribution >= 4 is 17.9 Å². The summed E-state index contributed by atoms with van der Waals surface area (Å²) in [6.45, 7) is 6.61. The highest BCUT2D eigenvalue weighted by atomic mass is 16.6. The first-order valence-electron chi connectivity index (χ1n) is 29.0. The third-order valence-electron chi connectivity index (χ3n) is 12.9. The Morgan fingerprint density at radius 3 is 0.939 bits per heavy atom. The Balaban J connectivity index is 4.36. The zero-order valence-electron chi connectivity index (χ0n) is 44.2. The highest BCUT2D eigenvalue weighted by Crippen LogP contribution is 2.16. The van der Waals surface area contributed by atoms with E-state index in [0.29, 0.717) is 19.3 Å². The number of allylic oxidation sites excluding steroid dienone is 6. The van der Waals surface area contributed by atoms with Crippen LogP contribution in [0.4, 0.5) is 0 Å². The van der Waals surface area contributed by atoms with E-state index in [1.54, 1.807) is 0 Å². The fourth-order valence-electron chi connectivity index (χ4n) is 8.49. The highest BCUT2D eigenvalue weighted by molar-refractivity contribution is 5.71. The van der Waals surface area contributed by atoms with Crippen LogP contribution in [-0.2, 0) is 28.6 Å². The quantitative estimate of drug-likeness (QED) is 0.0262. The molecule has 6 nitrogen and oxygen atoms in total. The van der Waals surface area contributed by atoms with Gasteiger partial charge in [0.2, 0.25) is 0 Å². The average molecular weight is 928 g/mol. The van der Waals surface area contributed by atoms with Gasteiger partial charge in [0.15, 0.2) is 6.10 Å². The van der Waals surface area contributed by atoms with E-state index in [-0.39, 0.29) is 37.5 Å². The van der Waals surface area contributed by atoms with Crippen LogP contribution in [0.5, 0.6) is 0 Å². The molecule has 0 saturated carbocycles. The van der Waals surface area contributed by atoms with E-state index < -0.39 is 6.10 Å². The molecule has 0 aliphatic carbocycles. The Labute approximate surface area is 410 Å². The van der Waals surface area contributed by atoms with Crippen LogP contribution in [0, 0.1) is 0 Å². The van der Waals surface area contributed by atoms with Crippen molar-refractivity contribution in [3.8, 4) is 0 Å². The number of hydrogen-bond acceptors (Lipinski definition) is 6. The lowest BCUT2D eigenvalue weighted by molar-refractivity contribution is -0.166. The molecule has 0 aliphatic rings. The minimum Gasteiger partial charge on any atom is -0.462 e. The van der Waals surface area contributed by atoms with Crippen LogP contribution in [-0.4, -0.2) is 37.2 Å². The first-order valence-corrected chi connectivity index (χ1v) is 29.0. The molecule has 1 atom stereocenters. The van der Waals surface area contributed by atoms with Gasteiger partial charge in [-0.1, -0.05) is 263 Å². The smallest absolute Gasteiger partial charge is 0.306 e. The van der Waals surface area contributed by atoms with E-state index in [1.807, 2.05) is 6.08 Å². The number of unbranched alkanes of at least 4 members (excludes halogenated alkanes) is 36. The van der Waals surface area contributed by atoms with E-state index >= 15 is 0 Å². The summed E-state index contributed by atoms with van der Waals surface area (Å²) in [4.78, 5) is 38.1. The molecule has 6 heteroatoms. The van der Waals surface area contributed by atoms with Crippen LogP contribution < -0.4 is 0 Å². The molecule has 0 rings (SSSR count). The topological polar surface area (TPSA) is 78.9 Å². The summed E-state index contributed by atoms with van der Waals surface area (Å²) >= 11 is 0. The van der Waals surface area contributed by atoms with Gasteiger partial charge < -0.3 is 14.2 Å². The monoisotopic (exact) mass is 927 g/mol. The Kier molecular flexibility index (Phi) is 53.2. The van der Waals surface area contributed by atoms with Crippen molar-refractivity contribution in [2.45, 2.75) is 316 Å². The number of ether oxygens (including phenoxy) is 3. The van der Waals surface area contributed by atoms with Gasteiger partial charge in [0.25, 0.3) is 0 Å². The predicted molar refractivity (Wildman–Crippen MR) is 284 cm³/mol. The summed E-state index contributed by atoms with van der Waals surface area (Å²) in [6.07, 6.45) is 65.8. The van der Waals surface area contributed by atoms with E-state index in [2.05, 4.69) is 51.2 Å². The van der Waals surface area contributed by atoms with Crippen LogP contribution in [0.3, 0.4) is 0 Å². The van der Waals surface area contributed by atoms with Crippen LogP contribution in [0.25, 0.3) is 0 Å². The molecule has 66 heavy (non-hydrogen) atoms. The highest BCUT2D eigenvalue weighted by Gasteiger charge is 2.19. The molecule has 0 aromatic heterocycles. The number of hydrogen-bond donors (Lipinski definition) is 0. The lowest BCUT2D eigenvalue weighted by atomic mass is 10.0. The second-order valence-corrected chi connectivity index (χ2v) is 19.6. The van der Waals surface area contributed by atoms with Gasteiger partial charge in [-0.2, -0.15) is 0 Å². The molecule has 0 amide bonds. The number of esters is 3. The number of carbonyl (C=O) groups excluding carboxylic acids is 3. The van der Waals surface area contributed by atoms with Gasteiger partial charge in [-0.15, -0.1) is 0 Å². The average Bonchev–Trinajstić information content (AvgIpc) is 3.31. The fourth-order valence-corrected chi connectivity index (χ4v) is 8.49. The standard InChI is InChI=1S/C60H110O6/c1-4-7-10-13-16-19-22-25-27-29-30-31-33-35-38-41-44-47-50-53-59(62)65-56-57(55-64-58(61)52-49-46-43-40-37-34-24-21-18-15-12-9-6-3)66-60(63)54-51-48-45-42-39-36-32-28-26-23-20-17-14-11-8-5-2/h28,32,34,37,43,46,57H,4-27,29-31,33,35-36,38-42,44-45,47-56H2,1-3H3/b32-28-,37-34-,46-43-. The van der Waals surface area contributed by atoms with E-state index in [4.69, 9.17) is 14.2 Å². The molecule has 0 radical (unpaired) electrons. The van der Waals surface area contributed by atoms with Gasteiger partial charge >= 0.3 is 17.9 Å². The third kappa shape index (κ3) is 52.6. The van der Waals surface area contributed by atoms with Crippen LogP contribution in [0.15, 0.2) is 36.5 Å². The van der Waals surface area contributed by atoms with Gasteiger partial charge in [-0.05, 0) is 64.2 Å². The second-order valence-electron chi connectivity index (χ2n) is 19.6. The molecule has 0 N–H and O–H groups in total. The summed E-state index contributed by atoms with van der Waals surface area (Å²) in [7, 11) is 0. The minimum absolute atomic E-state index is 0.0889. The van der Waals surface area contributed by atoms with Crippen molar-refractivity contribution in [2.24, 2.45) is 0 Å². The van der Waals surface area contributed by atoms with Crippen molar-refractivity contribution in [2.75, 3.05) is 13.2 Å². The molecule has 0 fully saturated rings. The first kappa shape index (κ1) is 63.6. The Hall–Kier alpha value is -2.37. The zero-order chi connectivity index (χ0) is 47.9. The number of carbonyl (C=O) groups is 3. The zero-order valence-corrected chi connectivity index (χ0v) is 44.2. The minimum atomic E-state index is -0.796.